The second-order valence-electron chi connectivity index (χ2n) is 7.62. The van der Waals surface area contributed by atoms with E-state index in [4.69, 9.17) is 5.73 Å². The molecule has 2 aliphatic heterocycles. The van der Waals surface area contributed by atoms with Crippen LogP contribution in [0.3, 0.4) is 0 Å². The number of piperidine rings is 1. The van der Waals surface area contributed by atoms with E-state index < -0.39 is 6.04 Å². The summed E-state index contributed by atoms with van der Waals surface area (Å²) >= 11 is 0. The fourth-order valence-electron chi connectivity index (χ4n) is 3.60. The molecule has 0 spiro atoms. The van der Waals surface area contributed by atoms with E-state index >= 15 is 0 Å². The van der Waals surface area contributed by atoms with Gasteiger partial charge < -0.3 is 16.0 Å². The number of fused-ring (bicyclic) bond motifs is 1. The zero-order valence-electron chi connectivity index (χ0n) is 15.3. The molecule has 2 aliphatic rings. The highest BCUT2D eigenvalue weighted by molar-refractivity contribution is 6.05. The first kappa shape index (κ1) is 18.5. The third kappa shape index (κ3) is 3.64. The summed E-state index contributed by atoms with van der Waals surface area (Å²) in [6.45, 7) is 5.84. The van der Waals surface area contributed by atoms with Gasteiger partial charge in [0.15, 0.2) is 0 Å². The van der Waals surface area contributed by atoms with Crippen molar-refractivity contribution in [2.75, 3.05) is 6.54 Å². The number of carbonyl (C=O) groups is 3. The number of benzene rings is 1. The van der Waals surface area contributed by atoms with Crippen molar-refractivity contribution in [3.05, 3.63) is 34.9 Å². The van der Waals surface area contributed by atoms with Crippen molar-refractivity contribution in [2.24, 2.45) is 5.73 Å². The molecule has 1 aromatic carbocycles. The van der Waals surface area contributed by atoms with Crippen LogP contribution in [-0.4, -0.2) is 40.7 Å². The summed E-state index contributed by atoms with van der Waals surface area (Å²) in [4.78, 5) is 37.9. The Kier molecular flexibility index (Phi) is 5.11. The molecule has 0 aliphatic carbocycles. The summed E-state index contributed by atoms with van der Waals surface area (Å²) in [7, 11) is 0. The Labute approximate surface area is 153 Å². The minimum absolute atomic E-state index is 0.0939. The second kappa shape index (κ2) is 7.17. The minimum atomic E-state index is -0.581. The van der Waals surface area contributed by atoms with Crippen molar-refractivity contribution in [2.45, 2.75) is 57.8 Å². The summed E-state index contributed by atoms with van der Waals surface area (Å²) in [5.74, 6) is -0.800. The molecular formula is C19H26N4O3. The number of hydrogen-bond donors (Lipinski definition) is 3. The Morgan fingerprint density at radius 3 is 2.77 bits per heavy atom. The van der Waals surface area contributed by atoms with Crippen molar-refractivity contribution in [1.82, 2.24) is 15.5 Å². The fourth-order valence-corrected chi connectivity index (χ4v) is 3.60. The first-order chi connectivity index (χ1) is 12.3. The van der Waals surface area contributed by atoms with Crippen LogP contribution in [0.1, 0.15) is 54.6 Å². The second-order valence-corrected chi connectivity index (χ2v) is 7.62. The van der Waals surface area contributed by atoms with E-state index in [9.17, 15) is 14.4 Å². The maximum absolute atomic E-state index is 12.8. The van der Waals surface area contributed by atoms with Crippen LogP contribution in [0.15, 0.2) is 18.2 Å². The molecule has 2 heterocycles. The molecule has 3 amide bonds. The van der Waals surface area contributed by atoms with Gasteiger partial charge in [-0.3, -0.25) is 19.7 Å². The normalized spacial score (nSPS) is 20.3. The van der Waals surface area contributed by atoms with Gasteiger partial charge in [0.05, 0.1) is 0 Å². The number of nitrogens with two attached hydrogens (primary N) is 1. The highest BCUT2D eigenvalue weighted by Crippen LogP contribution is 2.30. The smallest absolute Gasteiger partial charge is 0.255 e. The van der Waals surface area contributed by atoms with Gasteiger partial charge in [0, 0.05) is 30.6 Å². The van der Waals surface area contributed by atoms with Gasteiger partial charge in [0.2, 0.25) is 11.8 Å². The lowest BCUT2D eigenvalue weighted by Gasteiger charge is -2.29. The highest BCUT2D eigenvalue weighted by Gasteiger charge is 2.39. The SMILES string of the molecule is CC(C)(CCN)NCc1cccc2c1CN(C1CCC(=O)NC1=O)C2=O. The maximum Gasteiger partial charge on any atom is 0.255 e. The fraction of sp³-hybridized carbons (Fsp3) is 0.526. The third-order valence-electron chi connectivity index (χ3n) is 5.21. The standard InChI is InChI=1S/C19H26N4O3/c1-19(2,8-9-20)21-10-12-4-3-5-13-14(12)11-23(18(13)26)15-6-7-16(24)22-17(15)25/h3-5,15,21H,6-11,20H2,1-2H3,(H,22,24,25). The molecule has 1 fully saturated rings. The molecule has 7 nitrogen and oxygen atoms in total. The van der Waals surface area contributed by atoms with Crippen LogP contribution in [-0.2, 0) is 22.7 Å². The Hall–Kier alpha value is -2.25. The van der Waals surface area contributed by atoms with E-state index in [1.807, 2.05) is 12.1 Å². The molecule has 1 atom stereocenters. The van der Waals surface area contributed by atoms with E-state index in [2.05, 4.69) is 24.5 Å². The van der Waals surface area contributed by atoms with Gasteiger partial charge in [-0.1, -0.05) is 12.1 Å². The average molecular weight is 358 g/mol. The molecule has 140 valence electrons. The van der Waals surface area contributed by atoms with E-state index in [1.165, 1.54) is 0 Å². The zero-order chi connectivity index (χ0) is 18.9. The van der Waals surface area contributed by atoms with Gasteiger partial charge in [0.1, 0.15) is 6.04 Å². The van der Waals surface area contributed by atoms with E-state index in [0.29, 0.717) is 31.6 Å². The van der Waals surface area contributed by atoms with Crippen LogP contribution < -0.4 is 16.4 Å². The topological polar surface area (TPSA) is 105 Å². The molecule has 0 saturated carbocycles. The lowest BCUT2D eigenvalue weighted by atomic mass is 9.98. The molecule has 26 heavy (non-hydrogen) atoms. The van der Waals surface area contributed by atoms with E-state index in [-0.39, 0.29) is 29.7 Å². The zero-order valence-corrected chi connectivity index (χ0v) is 15.3. The summed E-state index contributed by atoms with van der Waals surface area (Å²) in [6, 6.07) is 5.10. The number of hydrogen-bond acceptors (Lipinski definition) is 5. The van der Waals surface area contributed by atoms with Crippen molar-refractivity contribution >= 4 is 17.7 Å². The number of carbonyl (C=O) groups excluding carboxylic acids is 3. The Morgan fingerprint density at radius 2 is 2.08 bits per heavy atom. The summed E-state index contributed by atoms with van der Waals surface area (Å²) in [5, 5.41) is 5.83. The van der Waals surface area contributed by atoms with Gasteiger partial charge in [0.25, 0.3) is 5.91 Å². The monoisotopic (exact) mass is 358 g/mol. The Morgan fingerprint density at radius 1 is 1.31 bits per heavy atom. The molecule has 1 unspecified atom stereocenters. The van der Waals surface area contributed by atoms with Crippen LogP contribution in [0.25, 0.3) is 0 Å². The van der Waals surface area contributed by atoms with Gasteiger partial charge in [-0.2, -0.15) is 0 Å². The molecule has 0 aromatic heterocycles. The lowest BCUT2D eigenvalue weighted by Crippen LogP contribution is -2.52. The average Bonchev–Trinajstić information content (AvgIpc) is 2.91. The maximum atomic E-state index is 12.8. The van der Waals surface area contributed by atoms with E-state index in [1.54, 1.807) is 11.0 Å². The quantitative estimate of drug-likeness (QED) is 0.648. The summed E-state index contributed by atoms with van der Waals surface area (Å²) in [5.41, 5.74) is 8.22. The molecular weight excluding hydrogens is 332 g/mol. The van der Waals surface area contributed by atoms with E-state index in [0.717, 1.165) is 17.5 Å². The summed E-state index contributed by atoms with van der Waals surface area (Å²) in [6.07, 6.45) is 1.49. The molecule has 0 radical (unpaired) electrons. The Bertz CT molecular complexity index is 744. The predicted octanol–water partition coefficient (Wildman–Crippen LogP) is 0.665. The van der Waals surface area contributed by atoms with Crippen molar-refractivity contribution < 1.29 is 14.4 Å². The van der Waals surface area contributed by atoms with Gasteiger partial charge in [-0.05, 0) is 50.4 Å². The first-order valence-electron chi connectivity index (χ1n) is 9.03. The molecule has 4 N–H and O–H groups in total. The third-order valence-corrected chi connectivity index (χ3v) is 5.21. The number of amides is 3. The summed E-state index contributed by atoms with van der Waals surface area (Å²) < 4.78 is 0. The number of rotatable bonds is 6. The Balaban J connectivity index is 1.77. The van der Waals surface area contributed by atoms with Crippen molar-refractivity contribution in [3.63, 3.8) is 0 Å². The van der Waals surface area contributed by atoms with Crippen LogP contribution in [0, 0.1) is 0 Å². The largest absolute Gasteiger partial charge is 0.330 e. The van der Waals surface area contributed by atoms with Gasteiger partial charge >= 0.3 is 0 Å². The molecule has 0 bridgehead atoms. The van der Waals surface area contributed by atoms with Crippen LogP contribution in [0.2, 0.25) is 0 Å². The van der Waals surface area contributed by atoms with Crippen molar-refractivity contribution in [1.29, 1.82) is 0 Å². The lowest BCUT2D eigenvalue weighted by molar-refractivity contribution is -0.136. The first-order valence-corrected chi connectivity index (χ1v) is 9.03. The van der Waals surface area contributed by atoms with Crippen molar-refractivity contribution in [3.8, 4) is 0 Å². The van der Waals surface area contributed by atoms with Gasteiger partial charge in [-0.25, -0.2) is 0 Å². The minimum Gasteiger partial charge on any atom is -0.330 e. The van der Waals surface area contributed by atoms with Crippen LogP contribution >= 0.6 is 0 Å². The van der Waals surface area contributed by atoms with Crippen LogP contribution in [0.5, 0.6) is 0 Å². The number of imide groups is 1. The molecule has 1 saturated heterocycles. The molecule has 7 heteroatoms. The predicted molar refractivity (Wildman–Crippen MR) is 97.1 cm³/mol. The molecule has 3 rings (SSSR count). The van der Waals surface area contributed by atoms with Crippen LogP contribution in [0.4, 0.5) is 0 Å². The highest BCUT2D eigenvalue weighted by atomic mass is 16.2. The van der Waals surface area contributed by atoms with Gasteiger partial charge in [-0.15, -0.1) is 0 Å². The number of nitrogens with zero attached hydrogens (tertiary/aromatic N) is 1. The number of nitrogens with one attached hydrogen (secondary N) is 2. The molecule has 1 aromatic rings.